The van der Waals surface area contributed by atoms with E-state index in [4.69, 9.17) is 5.73 Å². The van der Waals surface area contributed by atoms with Gasteiger partial charge in [-0.25, -0.2) is 0 Å². The van der Waals surface area contributed by atoms with Crippen molar-refractivity contribution in [2.24, 2.45) is 10.7 Å². The van der Waals surface area contributed by atoms with Crippen LogP contribution < -0.4 is 5.73 Å². The van der Waals surface area contributed by atoms with E-state index in [1.165, 1.54) is 5.84 Å². The van der Waals surface area contributed by atoms with E-state index in [2.05, 4.69) is 16.8 Å². The van der Waals surface area contributed by atoms with Crippen LogP contribution in [0.15, 0.2) is 4.99 Å². The Morgan fingerprint density at radius 2 is 2.45 bits per heavy atom. The lowest BCUT2D eigenvalue weighted by molar-refractivity contribution is 0.420. The maximum atomic E-state index is 5.69. The zero-order valence-corrected chi connectivity index (χ0v) is 7.38. The lowest BCUT2D eigenvalue weighted by atomic mass is 10.3. The molecule has 1 heterocycles. The second-order valence-corrected chi connectivity index (χ2v) is 3.07. The first-order valence-electron chi connectivity index (χ1n) is 4.28. The van der Waals surface area contributed by atoms with Gasteiger partial charge in [0.15, 0.2) is 0 Å². The molecular weight excluding hydrogens is 138 g/mol. The van der Waals surface area contributed by atoms with Crippen molar-refractivity contribution in [3.8, 4) is 0 Å². The fourth-order valence-corrected chi connectivity index (χ4v) is 1.41. The van der Waals surface area contributed by atoms with E-state index in [0.29, 0.717) is 0 Å². The van der Waals surface area contributed by atoms with Gasteiger partial charge in [-0.15, -0.1) is 0 Å². The molecule has 0 bridgehead atoms. The lowest BCUT2D eigenvalue weighted by Gasteiger charge is -2.21. The number of nitrogens with two attached hydrogens (primary N) is 1. The minimum atomic E-state index is 0.254. The van der Waals surface area contributed by atoms with Crippen LogP contribution in [0.2, 0.25) is 0 Å². The number of rotatable bonds is 3. The molecular formula is C8H17N3. The van der Waals surface area contributed by atoms with E-state index in [1.54, 1.807) is 0 Å². The minimum Gasteiger partial charge on any atom is -0.357 e. The molecule has 64 valence electrons. The Bertz CT molecular complexity index is 151. The first-order chi connectivity index (χ1) is 5.24. The van der Waals surface area contributed by atoms with Gasteiger partial charge in [0.1, 0.15) is 0 Å². The molecule has 1 rings (SSSR count). The summed E-state index contributed by atoms with van der Waals surface area (Å²) < 4.78 is 0. The maximum absolute atomic E-state index is 5.69. The summed E-state index contributed by atoms with van der Waals surface area (Å²) in [4.78, 5) is 6.66. The highest BCUT2D eigenvalue weighted by molar-refractivity contribution is 5.83. The van der Waals surface area contributed by atoms with E-state index in [-0.39, 0.29) is 6.04 Å². The molecule has 3 heteroatoms. The largest absolute Gasteiger partial charge is 0.357 e. The van der Waals surface area contributed by atoms with Gasteiger partial charge in [-0.2, -0.15) is 0 Å². The third-order valence-corrected chi connectivity index (χ3v) is 1.85. The molecule has 0 amide bonds. The predicted molar refractivity (Wildman–Crippen MR) is 47.8 cm³/mol. The molecule has 0 aromatic carbocycles. The topological polar surface area (TPSA) is 41.6 Å². The first kappa shape index (κ1) is 8.53. The zero-order valence-electron chi connectivity index (χ0n) is 7.38. The van der Waals surface area contributed by atoms with Crippen molar-refractivity contribution >= 4 is 5.84 Å². The van der Waals surface area contributed by atoms with Gasteiger partial charge in [0.25, 0.3) is 0 Å². The normalized spacial score (nSPS) is 20.3. The molecule has 0 spiro atoms. The Morgan fingerprint density at radius 3 is 3.00 bits per heavy atom. The molecule has 3 nitrogen and oxygen atoms in total. The van der Waals surface area contributed by atoms with Crippen molar-refractivity contribution in [1.29, 1.82) is 0 Å². The van der Waals surface area contributed by atoms with Gasteiger partial charge >= 0.3 is 0 Å². The molecule has 0 saturated carbocycles. The van der Waals surface area contributed by atoms with E-state index < -0.39 is 0 Å². The predicted octanol–water partition coefficient (Wildman–Crippen LogP) is 0.458. The fourth-order valence-electron chi connectivity index (χ4n) is 1.41. The summed E-state index contributed by atoms with van der Waals surface area (Å²) >= 11 is 0. The maximum Gasteiger partial charge on any atom is 0.0988 e. The van der Waals surface area contributed by atoms with Crippen molar-refractivity contribution in [3.63, 3.8) is 0 Å². The van der Waals surface area contributed by atoms with E-state index in [9.17, 15) is 0 Å². The van der Waals surface area contributed by atoms with Crippen LogP contribution >= 0.6 is 0 Å². The van der Waals surface area contributed by atoms with Gasteiger partial charge in [-0.3, -0.25) is 4.99 Å². The van der Waals surface area contributed by atoms with Crippen molar-refractivity contribution in [1.82, 2.24) is 4.90 Å². The Hall–Kier alpha value is -0.570. The second-order valence-electron chi connectivity index (χ2n) is 3.07. The quantitative estimate of drug-likeness (QED) is 0.643. The average Bonchev–Trinajstić information content (AvgIpc) is 2.34. The monoisotopic (exact) mass is 155 g/mol. The molecule has 11 heavy (non-hydrogen) atoms. The Kier molecular flexibility index (Phi) is 2.88. The van der Waals surface area contributed by atoms with Gasteiger partial charge in [0, 0.05) is 25.6 Å². The molecule has 0 radical (unpaired) electrons. The summed E-state index contributed by atoms with van der Waals surface area (Å²) in [5, 5.41) is 0. The van der Waals surface area contributed by atoms with Crippen LogP contribution in [-0.4, -0.2) is 36.4 Å². The number of hydrogen-bond donors (Lipinski definition) is 1. The molecule has 0 aliphatic carbocycles. The fraction of sp³-hybridized carbons (Fsp3) is 0.875. The molecule has 1 aliphatic rings. The van der Waals surface area contributed by atoms with Crippen molar-refractivity contribution in [3.05, 3.63) is 0 Å². The van der Waals surface area contributed by atoms with Crippen LogP contribution in [-0.2, 0) is 0 Å². The van der Waals surface area contributed by atoms with Crippen LogP contribution in [0.5, 0.6) is 0 Å². The van der Waals surface area contributed by atoms with Crippen LogP contribution in [0.3, 0.4) is 0 Å². The number of nitrogens with zero attached hydrogens (tertiary/aromatic N) is 2. The average molecular weight is 155 g/mol. The summed E-state index contributed by atoms with van der Waals surface area (Å²) in [6.07, 6.45) is 1.03. The summed E-state index contributed by atoms with van der Waals surface area (Å²) in [6.45, 7) is 7.14. The van der Waals surface area contributed by atoms with Crippen LogP contribution in [0.1, 0.15) is 20.3 Å². The molecule has 0 saturated heterocycles. The van der Waals surface area contributed by atoms with Crippen LogP contribution in [0.25, 0.3) is 0 Å². The Labute approximate surface area is 68.3 Å². The number of amidine groups is 1. The summed E-state index contributed by atoms with van der Waals surface area (Å²) in [5.74, 6) is 1.22. The first-order valence-corrected chi connectivity index (χ1v) is 4.28. The van der Waals surface area contributed by atoms with Gasteiger partial charge in [0.05, 0.1) is 12.4 Å². The second kappa shape index (κ2) is 3.72. The van der Waals surface area contributed by atoms with Gasteiger partial charge in [-0.05, 0) is 6.92 Å². The highest BCUT2D eigenvalue weighted by Gasteiger charge is 2.15. The summed E-state index contributed by atoms with van der Waals surface area (Å²) in [7, 11) is 0. The minimum absolute atomic E-state index is 0.254. The molecule has 0 aromatic heterocycles. The van der Waals surface area contributed by atoms with Crippen LogP contribution in [0, 0.1) is 0 Å². The van der Waals surface area contributed by atoms with Gasteiger partial charge in [-0.1, -0.05) is 6.92 Å². The summed E-state index contributed by atoms with van der Waals surface area (Å²) in [5.41, 5.74) is 5.69. The zero-order chi connectivity index (χ0) is 8.27. The van der Waals surface area contributed by atoms with E-state index in [1.807, 2.05) is 6.92 Å². The highest BCUT2D eigenvalue weighted by Crippen LogP contribution is 2.04. The number of aliphatic imine (C=N–C) groups is 1. The summed E-state index contributed by atoms with van der Waals surface area (Å²) in [6, 6.07) is 0.254. The smallest absolute Gasteiger partial charge is 0.0988 e. The molecule has 1 atom stereocenters. The third kappa shape index (κ3) is 2.19. The molecule has 1 aliphatic heterocycles. The van der Waals surface area contributed by atoms with Crippen LogP contribution in [0.4, 0.5) is 0 Å². The van der Waals surface area contributed by atoms with E-state index in [0.717, 1.165) is 26.1 Å². The molecule has 1 unspecified atom stereocenters. The Morgan fingerprint density at radius 1 is 1.73 bits per heavy atom. The molecule has 0 aromatic rings. The molecule has 2 N–H and O–H groups in total. The number of hydrogen-bond acceptors (Lipinski definition) is 3. The standard InChI is InChI=1S/C8H17N3/c1-3-8-10-4-5-11(8)6-7(2)9/h7H,3-6,9H2,1-2H3. The van der Waals surface area contributed by atoms with Crippen molar-refractivity contribution < 1.29 is 0 Å². The molecule has 0 fully saturated rings. The SMILES string of the molecule is CCC1=NCCN1CC(C)N. The Balaban J connectivity index is 2.40. The van der Waals surface area contributed by atoms with Crippen molar-refractivity contribution in [2.45, 2.75) is 26.3 Å². The highest BCUT2D eigenvalue weighted by atomic mass is 15.2. The van der Waals surface area contributed by atoms with Gasteiger partial charge in [0.2, 0.25) is 0 Å². The van der Waals surface area contributed by atoms with Crippen molar-refractivity contribution in [2.75, 3.05) is 19.6 Å². The van der Waals surface area contributed by atoms with E-state index >= 15 is 0 Å². The lowest BCUT2D eigenvalue weighted by Crippen LogP contribution is -2.37. The third-order valence-electron chi connectivity index (χ3n) is 1.85. The van der Waals surface area contributed by atoms with Gasteiger partial charge < -0.3 is 10.6 Å².